The molecule has 0 aliphatic heterocycles. The number of benzene rings is 2. The van der Waals surface area contributed by atoms with Crippen molar-refractivity contribution >= 4 is 12.2 Å². The summed E-state index contributed by atoms with van der Waals surface area (Å²) >= 11 is 0. The Morgan fingerprint density at radius 1 is 0.950 bits per heavy atom. The first-order chi connectivity index (χ1) is 8.99. The highest BCUT2D eigenvalue weighted by atomic mass is 19.2. The van der Waals surface area contributed by atoms with Crippen molar-refractivity contribution in [2.75, 3.05) is 0 Å². The molecule has 0 aromatic heterocycles. The first-order valence-electron chi connectivity index (χ1n) is 5.90. The van der Waals surface area contributed by atoms with Crippen LogP contribution in [0.4, 0.5) is 13.2 Å². The van der Waals surface area contributed by atoms with Crippen molar-refractivity contribution in [1.29, 1.82) is 0 Å². The van der Waals surface area contributed by atoms with Crippen LogP contribution in [-0.2, 0) is 0 Å². The molecule has 5 heteroatoms. The number of hydrogen-bond acceptors (Lipinski definition) is 1. The summed E-state index contributed by atoms with van der Waals surface area (Å²) in [6.07, 6.45) is 0. The van der Waals surface area contributed by atoms with Crippen LogP contribution >= 0.6 is 0 Å². The zero-order valence-corrected chi connectivity index (χ0v) is 10.6. The topological polar surface area (TPSA) is 9.23 Å². The molecule has 0 bridgehead atoms. The molecule has 0 aliphatic carbocycles. The summed E-state index contributed by atoms with van der Waals surface area (Å²) in [6, 6.07) is 8.06. The van der Waals surface area contributed by atoms with E-state index < -0.39 is 17.5 Å². The standard InChI is InChI=1S/C14H12BF3O.CH4/c1-15(2)11-6-7-12(14(18)13(11)17)19-10-5-3-4-9(16)8-10;/h3-8H,1-2H3;1H4. The predicted octanol–water partition coefficient (Wildman–Crippen LogP) is 4.49. The third kappa shape index (κ3) is 3.35. The average Bonchev–Trinajstić information content (AvgIpc) is 2.35. The summed E-state index contributed by atoms with van der Waals surface area (Å²) in [7, 11) is 0. The van der Waals surface area contributed by atoms with Crippen LogP contribution < -0.4 is 10.2 Å². The predicted molar refractivity (Wildman–Crippen MR) is 76.7 cm³/mol. The zero-order valence-electron chi connectivity index (χ0n) is 10.6. The molecule has 0 spiro atoms. The summed E-state index contributed by atoms with van der Waals surface area (Å²) in [5.74, 6) is -2.63. The molecule has 20 heavy (non-hydrogen) atoms. The highest BCUT2D eigenvalue weighted by Crippen LogP contribution is 2.25. The van der Waals surface area contributed by atoms with Gasteiger partial charge in [-0.1, -0.05) is 33.2 Å². The number of hydrogen-bond donors (Lipinski definition) is 0. The van der Waals surface area contributed by atoms with Gasteiger partial charge in [-0.3, -0.25) is 0 Å². The van der Waals surface area contributed by atoms with Crippen molar-refractivity contribution in [3.05, 3.63) is 53.8 Å². The van der Waals surface area contributed by atoms with E-state index in [2.05, 4.69) is 0 Å². The van der Waals surface area contributed by atoms with Gasteiger partial charge in [0.2, 0.25) is 5.82 Å². The van der Waals surface area contributed by atoms with E-state index in [1.807, 2.05) is 0 Å². The quantitative estimate of drug-likeness (QED) is 0.752. The molecule has 0 N–H and O–H groups in total. The molecule has 1 nitrogen and oxygen atoms in total. The Kier molecular flexibility index (Phi) is 5.25. The molecule has 0 radical (unpaired) electrons. The van der Waals surface area contributed by atoms with Gasteiger partial charge in [-0.15, -0.1) is 0 Å². The van der Waals surface area contributed by atoms with Crippen LogP contribution in [0.15, 0.2) is 36.4 Å². The number of halogens is 3. The Hall–Kier alpha value is -1.91. The Morgan fingerprint density at radius 3 is 2.25 bits per heavy atom. The Labute approximate surface area is 117 Å². The molecule has 0 saturated carbocycles. The smallest absolute Gasteiger partial charge is 0.200 e. The van der Waals surface area contributed by atoms with Gasteiger partial charge in [-0.05, 0) is 23.7 Å². The van der Waals surface area contributed by atoms with E-state index in [0.717, 1.165) is 6.07 Å². The van der Waals surface area contributed by atoms with Gasteiger partial charge in [0.1, 0.15) is 11.6 Å². The first-order valence-corrected chi connectivity index (χ1v) is 5.90. The second-order valence-electron chi connectivity index (χ2n) is 4.50. The van der Waals surface area contributed by atoms with Crippen molar-refractivity contribution in [2.45, 2.75) is 21.1 Å². The lowest BCUT2D eigenvalue weighted by Crippen LogP contribution is -2.27. The maximum atomic E-state index is 13.8. The fourth-order valence-electron chi connectivity index (χ4n) is 1.73. The molecule has 0 heterocycles. The maximum Gasteiger partial charge on any atom is 0.200 e. The molecule has 2 rings (SSSR count). The highest BCUT2D eigenvalue weighted by molar-refractivity contribution is 6.70. The van der Waals surface area contributed by atoms with Gasteiger partial charge < -0.3 is 4.74 Å². The lowest BCUT2D eigenvalue weighted by Gasteiger charge is -2.10. The molecule has 0 fully saturated rings. The SMILES string of the molecule is C.CB(C)c1ccc(Oc2cccc(F)c2)c(F)c1F. The van der Waals surface area contributed by atoms with E-state index in [4.69, 9.17) is 4.74 Å². The molecule has 2 aromatic carbocycles. The minimum atomic E-state index is -1.06. The Balaban J connectivity index is 0.00000200. The molecular weight excluding hydrogens is 264 g/mol. The minimum absolute atomic E-state index is 0. The van der Waals surface area contributed by atoms with Crippen molar-refractivity contribution in [1.82, 2.24) is 0 Å². The van der Waals surface area contributed by atoms with Gasteiger partial charge in [-0.2, -0.15) is 4.39 Å². The van der Waals surface area contributed by atoms with Crippen LogP contribution in [0.5, 0.6) is 11.5 Å². The van der Waals surface area contributed by atoms with Gasteiger partial charge in [0.25, 0.3) is 0 Å². The van der Waals surface area contributed by atoms with Crippen LogP contribution in [-0.4, -0.2) is 6.71 Å². The minimum Gasteiger partial charge on any atom is -0.454 e. The van der Waals surface area contributed by atoms with Crippen LogP contribution in [0.3, 0.4) is 0 Å². The first kappa shape index (κ1) is 16.2. The fourth-order valence-corrected chi connectivity index (χ4v) is 1.73. The zero-order chi connectivity index (χ0) is 14.0. The van der Waals surface area contributed by atoms with Gasteiger partial charge >= 0.3 is 0 Å². The lowest BCUT2D eigenvalue weighted by molar-refractivity contribution is 0.416. The van der Waals surface area contributed by atoms with E-state index in [1.165, 1.54) is 30.3 Å². The molecule has 2 aromatic rings. The summed E-state index contributed by atoms with van der Waals surface area (Å²) in [5.41, 5.74) is 0.282. The second kappa shape index (κ2) is 6.50. The normalized spacial score (nSPS) is 9.85. The second-order valence-corrected chi connectivity index (χ2v) is 4.50. The van der Waals surface area contributed by atoms with E-state index in [0.29, 0.717) is 0 Å². The van der Waals surface area contributed by atoms with E-state index in [-0.39, 0.29) is 31.1 Å². The summed E-state index contributed by atoms with van der Waals surface area (Å²) in [6.45, 7) is 3.41. The van der Waals surface area contributed by atoms with Crippen molar-refractivity contribution in [2.24, 2.45) is 0 Å². The molecule has 0 aliphatic rings. The molecule has 106 valence electrons. The molecule has 0 saturated heterocycles. The highest BCUT2D eigenvalue weighted by Gasteiger charge is 2.18. The fraction of sp³-hybridized carbons (Fsp3) is 0.200. The maximum absolute atomic E-state index is 13.8. The van der Waals surface area contributed by atoms with E-state index >= 15 is 0 Å². The van der Waals surface area contributed by atoms with Crippen LogP contribution in [0.25, 0.3) is 0 Å². The molecule has 0 amide bonds. The summed E-state index contributed by atoms with van der Waals surface area (Å²) in [5, 5.41) is 0. The van der Waals surface area contributed by atoms with E-state index in [1.54, 1.807) is 13.6 Å². The summed E-state index contributed by atoms with van der Waals surface area (Å²) in [4.78, 5) is 0. The van der Waals surface area contributed by atoms with Gasteiger partial charge in [0, 0.05) is 6.07 Å². The van der Waals surface area contributed by atoms with Gasteiger partial charge in [0.05, 0.1) is 0 Å². The lowest BCUT2D eigenvalue weighted by atomic mass is 9.49. The molecule has 0 unspecified atom stereocenters. The third-order valence-corrected chi connectivity index (χ3v) is 2.72. The van der Waals surface area contributed by atoms with Crippen molar-refractivity contribution < 1.29 is 17.9 Å². The largest absolute Gasteiger partial charge is 0.454 e. The Bertz CT molecular complexity index is 600. The van der Waals surface area contributed by atoms with Crippen molar-refractivity contribution in [3.63, 3.8) is 0 Å². The summed E-state index contributed by atoms with van der Waals surface area (Å²) < 4.78 is 45.7. The van der Waals surface area contributed by atoms with Gasteiger partial charge in [0.15, 0.2) is 18.3 Å². The average molecular weight is 280 g/mol. The van der Waals surface area contributed by atoms with Crippen LogP contribution in [0.2, 0.25) is 13.6 Å². The Morgan fingerprint density at radius 2 is 1.65 bits per heavy atom. The van der Waals surface area contributed by atoms with Crippen molar-refractivity contribution in [3.8, 4) is 11.5 Å². The molecular formula is C15H16BF3O. The number of rotatable bonds is 3. The monoisotopic (exact) mass is 280 g/mol. The van der Waals surface area contributed by atoms with Gasteiger partial charge in [-0.25, -0.2) is 8.78 Å². The number of ether oxygens (including phenoxy) is 1. The molecule has 0 atom stereocenters. The van der Waals surface area contributed by atoms with E-state index in [9.17, 15) is 13.2 Å². The van der Waals surface area contributed by atoms with Crippen LogP contribution in [0, 0.1) is 17.5 Å². The van der Waals surface area contributed by atoms with Crippen LogP contribution in [0.1, 0.15) is 7.43 Å². The third-order valence-electron chi connectivity index (χ3n) is 2.72.